The maximum atomic E-state index is 10.8. The Labute approximate surface area is 174 Å². The van der Waals surface area contributed by atoms with Gasteiger partial charge in [-0.15, -0.1) is 0 Å². The fourth-order valence-electron chi connectivity index (χ4n) is 9.07. The van der Waals surface area contributed by atoms with Gasteiger partial charge >= 0.3 is 0 Å². The topological polar surface area (TPSA) is 57.2 Å². The highest BCUT2D eigenvalue weighted by molar-refractivity contribution is 5.15. The highest BCUT2D eigenvalue weighted by Crippen LogP contribution is 2.70. The minimum Gasteiger partial charge on any atom is -0.393 e. The summed E-state index contributed by atoms with van der Waals surface area (Å²) in [5, 5.41) is 10.8. The second-order valence-corrected chi connectivity index (χ2v) is 11.9. The van der Waals surface area contributed by atoms with Crippen molar-refractivity contribution in [2.24, 2.45) is 34.5 Å². The van der Waals surface area contributed by atoms with Crippen LogP contribution in [0, 0.1) is 34.5 Å². The third-order valence-electron chi connectivity index (χ3n) is 10.3. The predicted molar refractivity (Wildman–Crippen MR) is 107 cm³/mol. The smallest absolute Gasteiger partial charge is 0.172 e. The highest BCUT2D eigenvalue weighted by Gasteiger charge is 2.69. The Morgan fingerprint density at radius 2 is 1.48 bits per heavy atom. The predicted octanol–water partition coefficient (Wildman–Crippen LogP) is 3.87. The lowest BCUT2D eigenvalue weighted by atomic mass is 9.43. The van der Waals surface area contributed by atoms with Crippen molar-refractivity contribution in [1.29, 1.82) is 0 Å². The van der Waals surface area contributed by atoms with E-state index < -0.39 is 11.6 Å². The summed E-state index contributed by atoms with van der Waals surface area (Å²) < 4.78 is 25.7. The number of hydrogen-bond acceptors (Lipinski definition) is 5. The lowest BCUT2D eigenvalue weighted by molar-refractivity contribution is -0.301. The molecule has 4 saturated carbocycles. The van der Waals surface area contributed by atoms with Crippen molar-refractivity contribution in [3.05, 3.63) is 0 Å². The van der Waals surface area contributed by atoms with Crippen LogP contribution in [0.15, 0.2) is 0 Å². The first-order valence-electron chi connectivity index (χ1n) is 12.0. The van der Waals surface area contributed by atoms with Crippen LogP contribution in [0.2, 0.25) is 0 Å². The molecule has 2 heterocycles. The molecule has 0 radical (unpaired) electrons. The number of ether oxygens (including phenoxy) is 4. The third kappa shape index (κ3) is 2.51. The van der Waals surface area contributed by atoms with Gasteiger partial charge in [-0.1, -0.05) is 13.8 Å². The summed E-state index contributed by atoms with van der Waals surface area (Å²) in [5.41, 5.74) is 0.198. The Bertz CT molecular complexity index is 687. The van der Waals surface area contributed by atoms with E-state index in [-0.39, 0.29) is 29.1 Å². The van der Waals surface area contributed by atoms with Gasteiger partial charge in [-0.05, 0) is 81.0 Å². The van der Waals surface area contributed by atoms with Crippen LogP contribution in [0.4, 0.5) is 0 Å². The van der Waals surface area contributed by atoms with Crippen LogP contribution in [0.25, 0.3) is 0 Å². The molecule has 0 amide bonds. The van der Waals surface area contributed by atoms with Crippen LogP contribution in [0.3, 0.4) is 0 Å². The summed E-state index contributed by atoms with van der Waals surface area (Å²) in [6, 6.07) is 0. The number of aliphatic hydroxyl groups is 1. The molecule has 9 atom stereocenters. The van der Waals surface area contributed by atoms with Gasteiger partial charge in [0, 0.05) is 12.3 Å². The quantitative estimate of drug-likeness (QED) is 0.662. The third-order valence-corrected chi connectivity index (χ3v) is 10.3. The fraction of sp³-hybridized carbons (Fsp3) is 1.00. The van der Waals surface area contributed by atoms with E-state index in [1.165, 1.54) is 6.42 Å². The Kier molecular flexibility index (Phi) is 4.02. The van der Waals surface area contributed by atoms with Crippen LogP contribution >= 0.6 is 0 Å². The largest absolute Gasteiger partial charge is 0.393 e. The van der Waals surface area contributed by atoms with Gasteiger partial charge in [0.05, 0.1) is 31.5 Å². The molecule has 5 heteroatoms. The molecule has 4 aliphatic carbocycles. The number of aliphatic hydroxyl groups excluding tert-OH is 1. The lowest BCUT2D eigenvalue weighted by Crippen LogP contribution is -2.65. The van der Waals surface area contributed by atoms with Gasteiger partial charge in [0.15, 0.2) is 11.6 Å². The Morgan fingerprint density at radius 3 is 2.24 bits per heavy atom. The van der Waals surface area contributed by atoms with E-state index in [0.29, 0.717) is 36.9 Å². The van der Waals surface area contributed by atoms with E-state index in [0.717, 1.165) is 38.5 Å². The lowest BCUT2D eigenvalue weighted by Gasteiger charge is -2.64. The fourth-order valence-corrected chi connectivity index (χ4v) is 9.07. The van der Waals surface area contributed by atoms with E-state index in [4.69, 9.17) is 18.9 Å². The Morgan fingerprint density at radius 1 is 0.793 bits per heavy atom. The average Bonchev–Trinajstić information content (AvgIpc) is 3.30. The van der Waals surface area contributed by atoms with Crippen LogP contribution in [0.5, 0.6) is 0 Å². The van der Waals surface area contributed by atoms with Crippen molar-refractivity contribution in [2.75, 3.05) is 13.2 Å². The first-order chi connectivity index (χ1) is 13.7. The molecule has 0 bridgehead atoms. The standard InChI is InChI=1S/C24H38O5/c1-21(2)28-17-11-19-23(4,13-18(17)29-21)16-7-8-22(3)15(5-6-20(22)25)14(16)12-24(19)26-9-10-27-24/h14-20,25H,5-13H2,1-4H3/t14-,15-,16-,17-,18+,19-,20-,22-,23+/m0/s1. The monoisotopic (exact) mass is 406 g/mol. The summed E-state index contributed by atoms with van der Waals surface area (Å²) in [6.07, 6.45) is 7.62. The van der Waals surface area contributed by atoms with E-state index >= 15 is 0 Å². The Balaban J connectivity index is 1.40. The summed E-state index contributed by atoms with van der Waals surface area (Å²) in [4.78, 5) is 0. The van der Waals surface area contributed by atoms with Crippen LogP contribution in [0.1, 0.15) is 72.6 Å². The molecule has 6 rings (SSSR count). The maximum Gasteiger partial charge on any atom is 0.172 e. The zero-order valence-electron chi connectivity index (χ0n) is 18.5. The summed E-state index contributed by atoms with van der Waals surface area (Å²) in [6.45, 7) is 10.3. The number of hydrogen-bond donors (Lipinski definition) is 1. The van der Waals surface area contributed by atoms with E-state index in [2.05, 4.69) is 13.8 Å². The molecular weight excluding hydrogens is 368 g/mol. The van der Waals surface area contributed by atoms with E-state index in [1.54, 1.807) is 0 Å². The highest BCUT2D eigenvalue weighted by atomic mass is 16.8. The van der Waals surface area contributed by atoms with Gasteiger partial charge in [-0.2, -0.15) is 0 Å². The molecule has 0 aromatic heterocycles. The van der Waals surface area contributed by atoms with Gasteiger partial charge in [0.25, 0.3) is 0 Å². The molecule has 0 aromatic carbocycles. The second kappa shape index (κ2) is 5.98. The van der Waals surface area contributed by atoms with Gasteiger partial charge in [0.2, 0.25) is 0 Å². The van der Waals surface area contributed by atoms with Crippen molar-refractivity contribution in [3.8, 4) is 0 Å². The molecule has 2 aliphatic heterocycles. The molecule has 2 saturated heterocycles. The van der Waals surface area contributed by atoms with Gasteiger partial charge in [-0.25, -0.2) is 0 Å². The summed E-state index contributed by atoms with van der Waals surface area (Å²) in [5.74, 6) is 1.19. The minimum absolute atomic E-state index is 0.0658. The molecule has 6 fully saturated rings. The molecule has 1 N–H and O–H groups in total. The zero-order valence-corrected chi connectivity index (χ0v) is 18.5. The van der Waals surface area contributed by atoms with Crippen LogP contribution in [-0.4, -0.2) is 48.2 Å². The van der Waals surface area contributed by atoms with Gasteiger partial charge in [0.1, 0.15) is 0 Å². The van der Waals surface area contributed by atoms with Crippen molar-refractivity contribution in [3.63, 3.8) is 0 Å². The summed E-state index contributed by atoms with van der Waals surface area (Å²) >= 11 is 0. The summed E-state index contributed by atoms with van der Waals surface area (Å²) in [7, 11) is 0. The van der Waals surface area contributed by atoms with Crippen LogP contribution < -0.4 is 0 Å². The minimum atomic E-state index is -0.496. The molecule has 1 spiro atoms. The van der Waals surface area contributed by atoms with E-state index in [1.807, 2.05) is 13.8 Å². The molecular formula is C24H38O5. The number of rotatable bonds is 0. The SMILES string of the molecule is CC1(C)O[C@H]2C[C@@H]3C4(C[C@@H]5[C@H](CC[C@]6(C)[C@@H](O)CC[C@@H]56)[C@@]3(C)C[C@H]2O1)OCCO4. The first-order valence-corrected chi connectivity index (χ1v) is 12.0. The van der Waals surface area contributed by atoms with Crippen molar-refractivity contribution in [1.82, 2.24) is 0 Å². The number of fused-ring (bicyclic) bond motifs is 7. The van der Waals surface area contributed by atoms with E-state index in [9.17, 15) is 5.11 Å². The van der Waals surface area contributed by atoms with Gasteiger partial charge < -0.3 is 24.1 Å². The first kappa shape index (κ1) is 19.5. The van der Waals surface area contributed by atoms with Crippen LogP contribution in [-0.2, 0) is 18.9 Å². The van der Waals surface area contributed by atoms with Crippen molar-refractivity contribution < 1.29 is 24.1 Å². The Hall–Kier alpha value is -0.200. The average molecular weight is 407 g/mol. The molecule has 29 heavy (non-hydrogen) atoms. The molecule has 164 valence electrons. The normalized spacial score (nSPS) is 57.2. The second-order valence-electron chi connectivity index (χ2n) is 11.9. The molecule has 5 nitrogen and oxygen atoms in total. The molecule has 6 aliphatic rings. The van der Waals surface area contributed by atoms with Crippen molar-refractivity contribution >= 4 is 0 Å². The maximum absolute atomic E-state index is 10.8. The molecule has 0 aromatic rings. The molecule has 0 unspecified atom stereocenters. The zero-order chi connectivity index (χ0) is 20.2. The van der Waals surface area contributed by atoms with Crippen molar-refractivity contribution in [2.45, 2.75) is 103 Å². The van der Waals surface area contributed by atoms with Gasteiger partial charge in [-0.3, -0.25) is 0 Å².